The van der Waals surface area contributed by atoms with E-state index in [1.54, 1.807) is 0 Å². The van der Waals surface area contributed by atoms with Crippen LogP contribution in [0.3, 0.4) is 0 Å². The molecule has 0 atom stereocenters. The zero-order chi connectivity index (χ0) is 6.28. The number of guanidine groups is 1. The maximum absolute atomic E-state index is 7.13. The van der Waals surface area contributed by atoms with Gasteiger partial charge in [-0.3, -0.25) is 16.9 Å². The Kier molecular flexibility index (Phi) is 63.1. The first-order valence-electron chi connectivity index (χ1n) is 1.29. The Morgan fingerprint density at radius 1 is 1.56 bits per heavy atom. The summed E-state index contributed by atoms with van der Waals surface area (Å²) in [5.41, 5.74) is 9.17. The van der Waals surface area contributed by atoms with Crippen LogP contribution in [0.5, 0.6) is 0 Å². The molecule has 7 heteroatoms. The van der Waals surface area contributed by atoms with Gasteiger partial charge in [-0.2, -0.15) is 5.16 Å². The van der Waals surface area contributed by atoms with E-state index in [1.165, 1.54) is 5.16 Å². The Morgan fingerprint density at radius 3 is 1.56 bits per heavy atom. The van der Waals surface area contributed by atoms with Crippen molar-refractivity contribution >= 4 is 23.3 Å². The fourth-order valence-corrected chi connectivity index (χ4v) is 0. The van der Waals surface area contributed by atoms with Crippen LogP contribution in [0.25, 0.3) is 5.41 Å². The predicted octanol–water partition coefficient (Wildman–Crippen LogP) is -8.31. The van der Waals surface area contributed by atoms with Crippen molar-refractivity contribution in [2.75, 3.05) is 0 Å². The second-order valence-corrected chi connectivity index (χ2v) is 0.774. The largest absolute Gasteiger partial charge is 1.00 e. The van der Waals surface area contributed by atoms with Gasteiger partial charge in [-0.05, 0) is 0 Å². The summed E-state index contributed by atoms with van der Waals surface area (Å²) >= 11 is 3.70. The molecular formula is C2H6ClLiN4S. The molecule has 0 aromatic rings. The molecular weight excluding hydrogens is 155 g/mol. The summed E-state index contributed by atoms with van der Waals surface area (Å²) in [5.74, 6) is -0.0833. The van der Waals surface area contributed by atoms with Gasteiger partial charge in [0, 0.05) is 0 Å². The van der Waals surface area contributed by atoms with Crippen LogP contribution >= 0.6 is 12.2 Å². The van der Waals surface area contributed by atoms with Crippen LogP contribution in [0.2, 0.25) is 0 Å². The van der Waals surface area contributed by atoms with Crippen LogP contribution in [0, 0.1) is 0 Å². The Labute approximate surface area is 77.0 Å². The van der Waals surface area contributed by atoms with Crippen molar-refractivity contribution < 1.29 is 36.7 Å². The topological polar surface area (TPSA) is 99.9 Å². The summed E-state index contributed by atoms with van der Waals surface area (Å²) in [4.78, 5) is 0. The van der Waals surface area contributed by atoms with Crippen LogP contribution in [-0.2, 0) is 0 Å². The Hall–Kier alpha value is -0.0426. The second kappa shape index (κ2) is 24.6. The standard InChI is InChI=1S/CH5N3.CNS.ClH.Li/c2-1(3)4;2-1-3;;/h(H5,2,3,4);;1H;/q;-1;;+1. The van der Waals surface area contributed by atoms with Crippen molar-refractivity contribution in [3.05, 3.63) is 5.41 Å². The molecule has 0 aliphatic rings. The van der Waals surface area contributed by atoms with Crippen molar-refractivity contribution in [2.45, 2.75) is 0 Å². The summed E-state index contributed by atoms with van der Waals surface area (Å²) in [6.07, 6.45) is 0. The summed E-state index contributed by atoms with van der Waals surface area (Å²) < 4.78 is 0. The molecule has 0 amide bonds. The number of hydrogen-bond donors (Lipinski definition) is 3. The third kappa shape index (κ3) is 156000. The van der Waals surface area contributed by atoms with Crippen LogP contribution in [0.1, 0.15) is 0 Å². The average Bonchev–Trinajstić information content (AvgIpc) is 1.33. The minimum Gasteiger partial charge on any atom is -1.00 e. The summed E-state index contributed by atoms with van der Waals surface area (Å²) in [6.45, 7) is 0. The fraction of sp³-hybridized carbons (Fsp3) is 0. The van der Waals surface area contributed by atoms with Gasteiger partial charge in [0.2, 0.25) is 0 Å². The summed E-state index contributed by atoms with van der Waals surface area (Å²) in [7, 11) is 0. The summed E-state index contributed by atoms with van der Waals surface area (Å²) in [6, 6.07) is 0. The van der Waals surface area contributed by atoms with Gasteiger partial charge in [0.15, 0.2) is 0 Å². The molecule has 0 heterocycles. The molecule has 0 bridgehead atoms. The van der Waals surface area contributed by atoms with Gasteiger partial charge in [-0.1, -0.05) is 12.2 Å². The number of nitrogens with two attached hydrogens (primary N) is 3. The van der Waals surface area contributed by atoms with Crippen molar-refractivity contribution in [3.8, 4) is 0 Å². The Bertz CT molecular complexity index is 86.6. The van der Waals surface area contributed by atoms with E-state index in [9.17, 15) is 0 Å². The Balaban J connectivity index is -0.0000000233. The monoisotopic (exact) mass is 160 g/mol. The van der Waals surface area contributed by atoms with E-state index < -0.39 is 0 Å². The molecule has 0 unspecified atom stereocenters. The van der Waals surface area contributed by atoms with Gasteiger partial charge < -0.3 is 17.8 Å². The zero-order valence-electron chi connectivity index (χ0n) is 4.97. The average molecular weight is 161 g/mol. The van der Waals surface area contributed by atoms with Crippen molar-refractivity contribution in [1.82, 2.24) is 0 Å². The van der Waals surface area contributed by atoms with Crippen molar-refractivity contribution in [1.29, 1.82) is 0 Å². The number of hydrogen-bond acceptors (Lipinski definition) is 1. The molecule has 0 aromatic carbocycles. The third-order valence-corrected chi connectivity index (χ3v) is 0. The van der Waals surface area contributed by atoms with Gasteiger partial charge in [0.1, 0.15) is 0 Å². The SMILES string of the molecule is NC(N)=[NH2+].[Cl-].[Li+].[N-]=C=S. The number of thiocarbonyl (C=S) groups is 1. The van der Waals surface area contributed by atoms with Crippen LogP contribution in [0.15, 0.2) is 0 Å². The quantitative estimate of drug-likeness (QED) is 0.142. The molecule has 0 fully saturated rings. The second-order valence-electron chi connectivity index (χ2n) is 0.591. The number of rotatable bonds is 0. The zero-order valence-corrected chi connectivity index (χ0v) is 6.54. The molecule has 0 radical (unpaired) electrons. The first-order chi connectivity index (χ1) is 3.15. The van der Waals surface area contributed by atoms with Gasteiger partial charge in [-0.15, -0.1) is 0 Å². The molecule has 0 aliphatic carbocycles. The van der Waals surface area contributed by atoms with Crippen molar-refractivity contribution in [2.24, 2.45) is 11.5 Å². The first kappa shape index (κ1) is 23.1. The van der Waals surface area contributed by atoms with E-state index in [4.69, 9.17) is 5.41 Å². The van der Waals surface area contributed by atoms with Crippen molar-refractivity contribution in [3.63, 3.8) is 0 Å². The number of nitrogens with zero attached hydrogens (tertiary/aromatic N) is 1. The van der Waals surface area contributed by atoms with E-state index in [-0.39, 0.29) is 37.2 Å². The third-order valence-electron chi connectivity index (χ3n) is 0. The minimum atomic E-state index is -0.0833. The molecule has 0 saturated heterocycles. The number of isothiocyanates is 1. The molecule has 4 nitrogen and oxygen atoms in total. The van der Waals surface area contributed by atoms with E-state index in [0.29, 0.717) is 0 Å². The maximum Gasteiger partial charge on any atom is 1.00 e. The smallest absolute Gasteiger partial charge is 1.00 e. The van der Waals surface area contributed by atoms with Crippen LogP contribution in [-0.4, -0.2) is 11.1 Å². The molecule has 6 N–H and O–H groups in total. The van der Waals surface area contributed by atoms with E-state index >= 15 is 0 Å². The molecule has 0 rings (SSSR count). The molecule has 0 aromatic heterocycles. The molecule has 9 heavy (non-hydrogen) atoms. The van der Waals surface area contributed by atoms with Crippen LogP contribution < -0.4 is 48.1 Å². The van der Waals surface area contributed by atoms with Crippen LogP contribution in [0.4, 0.5) is 0 Å². The molecule has 0 spiro atoms. The molecule has 0 saturated carbocycles. The van der Waals surface area contributed by atoms with Gasteiger partial charge in [0.05, 0.1) is 0 Å². The van der Waals surface area contributed by atoms with Gasteiger partial charge in [-0.25, -0.2) is 0 Å². The molecule has 0 aliphatic heterocycles. The van der Waals surface area contributed by atoms with Gasteiger partial charge in [0.25, 0.3) is 0 Å². The van der Waals surface area contributed by atoms with E-state index in [1.807, 2.05) is 0 Å². The fourth-order valence-electron chi connectivity index (χ4n) is 0. The normalized spacial score (nSPS) is 3.56. The number of halogens is 1. The van der Waals surface area contributed by atoms with E-state index in [0.717, 1.165) is 0 Å². The van der Waals surface area contributed by atoms with Gasteiger partial charge >= 0.3 is 24.8 Å². The minimum absolute atomic E-state index is 0. The molecule has 48 valence electrons. The van der Waals surface area contributed by atoms with E-state index in [2.05, 4.69) is 29.1 Å². The Morgan fingerprint density at radius 2 is 1.56 bits per heavy atom. The predicted molar refractivity (Wildman–Crippen MR) is 31.3 cm³/mol. The maximum atomic E-state index is 7.13. The first-order valence-corrected chi connectivity index (χ1v) is 1.70. The summed E-state index contributed by atoms with van der Waals surface area (Å²) in [5, 5.41) is 13.1.